The standard InChI is InChI=1S/C14H15N3O2S3/c1-3-20-13-16-17-14(22-13)21-8-12(19)15-11-6-4-10(5-7-11)9(2)18/h4-7H,3,8H2,1-2H3,(H,15,19). The molecule has 0 aliphatic carbocycles. The van der Waals surface area contributed by atoms with Crippen molar-refractivity contribution < 1.29 is 9.59 Å². The van der Waals surface area contributed by atoms with E-state index in [2.05, 4.69) is 22.4 Å². The second-order valence-corrected chi connectivity index (χ2v) is 7.95. The highest BCUT2D eigenvalue weighted by molar-refractivity contribution is 8.03. The van der Waals surface area contributed by atoms with E-state index < -0.39 is 0 Å². The second-order valence-electron chi connectivity index (χ2n) is 4.24. The molecule has 0 spiro atoms. The fourth-order valence-corrected chi connectivity index (χ4v) is 4.27. The highest BCUT2D eigenvalue weighted by Crippen LogP contribution is 2.28. The molecule has 1 aromatic heterocycles. The zero-order chi connectivity index (χ0) is 15.9. The maximum absolute atomic E-state index is 11.9. The molecule has 1 aromatic carbocycles. The highest BCUT2D eigenvalue weighted by atomic mass is 32.2. The minimum absolute atomic E-state index is 0.00505. The Morgan fingerprint density at radius 2 is 1.77 bits per heavy atom. The Hall–Kier alpha value is -1.38. The van der Waals surface area contributed by atoms with E-state index in [1.165, 1.54) is 30.0 Å². The average molecular weight is 353 g/mol. The van der Waals surface area contributed by atoms with Crippen LogP contribution < -0.4 is 5.32 Å². The number of nitrogens with zero attached hydrogens (tertiary/aromatic N) is 2. The molecule has 22 heavy (non-hydrogen) atoms. The zero-order valence-corrected chi connectivity index (χ0v) is 14.6. The van der Waals surface area contributed by atoms with Gasteiger partial charge in [-0.05, 0) is 36.9 Å². The molecule has 0 radical (unpaired) electrons. The van der Waals surface area contributed by atoms with E-state index in [1.54, 1.807) is 36.0 Å². The first-order chi connectivity index (χ1) is 10.6. The average Bonchev–Trinajstić information content (AvgIpc) is 2.94. The number of hydrogen-bond donors (Lipinski definition) is 1. The molecule has 1 heterocycles. The van der Waals surface area contributed by atoms with Crippen LogP contribution in [0.5, 0.6) is 0 Å². The van der Waals surface area contributed by atoms with Gasteiger partial charge in [-0.3, -0.25) is 9.59 Å². The lowest BCUT2D eigenvalue weighted by Gasteiger charge is -2.04. The molecule has 2 rings (SSSR count). The van der Waals surface area contributed by atoms with E-state index in [9.17, 15) is 9.59 Å². The lowest BCUT2D eigenvalue weighted by molar-refractivity contribution is -0.113. The van der Waals surface area contributed by atoms with Crippen molar-refractivity contribution in [3.05, 3.63) is 29.8 Å². The van der Waals surface area contributed by atoms with Gasteiger partial charge in [0.15, 0.2) is 14.5 Å². The first-order valence-corrected chi connectivity index (χ1v) is 9.37. The molecule has 5 nitrogen and oxygen atoms in total. The molecule has 116 valence electrons. The third-order valence-corrected chi connectivity index (χ3v) is 5.63. The van der Waals surface area contributed by atoms with Crippen LogP contribution in [0.15, 0.2) is 32.9 Å². The van der Waals surface area contributed by atoms with Gasteiger partial charge in [-0.15, -0.1) is 10.2 Å². The molecule has 0 aliphatic heterocycles. The fraction of sp³-hybridized carbons (Fsp3) is 0.286. The number of Topliss-reactive ketones (excluding diaryl/α,β-unsaturated/α-hetero) is 1. The number of anilines is 1. The van der Waals surface area contributed by atoms with Gasteiger partial charge in [0.05, 0.1) is 5.75 Å². The van der Waals surface area contributed by atoms with Crippen molar-refractivity contribution in [2.45, 2.75) is 22.5 Å². The predicted octanol–water partition coefficient (Wildman–Crippen LogP) is 3.58. The van der Waals surface area contributed by atoms with Gasteiger partial charge >= 0.3 is 0 Å². The SMILES string of the molecule is CCSc1nnc(SCC(=O)Nc2ccc(C(C)=O)cc2)s1. The quantitative estimate of drug-likeness (QED) is 0.606. The van der Waals surface area contributed by atoms with Crippen LogP contribution in [0.4, 0.5) is 5.69 Å². The Balaban J connectivity index is 1.83. The van der Waals surface area contributed by atoms with Gasteiger partial charge in [-0.1, -0.05) is 41.8 Å². The fourth-order valence-electron chi connectivity index (χ4n) is 1.55. The molecule has 0 unspecified atom stereocenters. The Labute approximate surface area is 141 Å². The summed E-state index contributed by atoms with van der Waals surface area (Å²) in [7, 11) is 0. The van der Waals surface area contributed by atoms with Crippen molar-refractivity contribution in [2.24, 2.45) is 0 Å². The number of rotatable bonds is 7. The third kappa shape index (κ3) is 5.11. The van der Waals surface area contributed by atoms with Crippen molar-refractivity contribution in [3.8, 4) is 0 Å². The van der Waals surface area contributed by atoms with E-state index in [-0.39, 0.29) is 17.4 Å². The Kier molecular flexibility index (Phi) is 6.41. The van der Waals surface area contributed by atoms with Crippen molar-refractivity contribution in [3.63, 3.8) is 0 Å². The van der Waals surface area contributed by atoms with E-state index >= 15 is 0 Å². The number of carbonyl (C=O) groups excluding carboxylic acids is 2. The van der Waals surface area contributed by atoms with Gasteiger partial charge in [0.25, 0.3) is 0 Å². The van der Waals surface area contributed by atoms with Crippen LogP contribution in [0.3, 0.4) is 0 Å². The summed E-state index contributed by atoms with van der Waals surface area (Å²) in [6.45, 7) is 3.57. The van der Waals surface area contributed by atoms with Gasteiger partial charge in [-0.25, -0.2) is 0 Å². The lowest BCUT2D eigenvalue weighted by atomic mass is 10.1. The summed E-state index contributed by atoms with van der Waals surface area (Å²) in [4.78, 5) is 23.1. The van der Waals surface area contributed by atoms with Gasteiger partial charge in [0.1, 0.15) is 0 Å². The van der Waals surface area contributed by atoms with Crippen molar-refractivity contribution in [1.82, 2.24) is 10.2 Å². The summed E-state index contributed by atoms with van der Waals surface area (Å²) in [5.41, 5.74) is 1.30. The monoisotopic (exact) mass is 353 g/mol. The Morgan fingerprint density at radius 3 is 2.36 bits per heavy atom. The van der Waals surface area contributed by atoms with Crippen LogP contribution in [0.2, 0.25) is 0 Å². The summed E-state index contributed by atoms with van der Waals surface area (Å²) >= 11 is 4.51. The number of ketones is 1. The smallest absolute Gasteiger partial charge is 0.234 e. The molecule has 0 bridgehead atoms. The first-order valence-electron chi connectivity index (χ1n) is 6.58. The molecule has 1 amide bonds. The number of thioether (sulfide) groups is 2. The Bertz CT molecular complexity index is 656. The normalized spacial score (nSPS) is 10.5. The number of nitrogens with one attached hydrogen (secondary N) is 1. The maximum atomic E-state index is 11.9. The molecule has 8 heteroatoms. The van der Waals surface area contributed by atoms with E-state index in [0.29, 0.717) is 11.3 Å². The Morgan fingerprint density at radius 1 is 1.14 bits per heavy atom. The van der Waals surface area contributed by atoms with Crippen LogP contribution in [-0.2, 0) is 4.79 Å². The predicted molar refractivity (Wildman–Crippen MR) is 92.1 cm³/mol. The van der Waals surface area contributed by atoms with E-state index in [0.717, 1.165) is 14.4 Å². The molecule has 0 fully saturated rings. The summed E-state index contributed by atoms with van der Waals surface area (Å²) in [6.07, 6.45) is 0. The molecule has 0 saturated carbocycles. The number of hydrogen-bond acceptors (Lipinski definition) is 7. The molecule has 1 N–H and O–H groups in total. The minimum atomic E-state index is -0.111. The summed E-state index contributed by atoms with van der Waals surface area (Å²) in [6, 6.07) is 6.84. The molecule has 0 saturated heterocycles. The molecule has 0 atom stereocenters. The summed E-state index contributed by atoms with van der Waals surface area (Å²) in [5, 5.41) is 10.9. The molecule has 0 aliphatic rings. The van der Waals surface area contributed by atoms with Crippen LogP contribution in [0.25, 0.3) is 0 Å². The number of amides is 1. The van der Waals surface area contributed by atoms with Crippen LogP contribution in [0.1, 0.15) is 24.2 Å². The van der Waals surface area contributed by atoms with E-state index in [4.69, 9.17) is 0 Å². The molecule has 2 aromatic rings. The number of aromatic nitrogens is 2. The van der Waals surface area contributed by atoms with Crippen LogP contribution >= 0.6 is 34.9 Å². The second kappa shape index (κ2) is 8.30. The van der Waals surface area contributed by atoms with Crippen LogP contribution in [-0.4, -0.2) is 33.4 Å². The molecular formula is C14H15N3O2S3. The van der Waals surface area contributed by atoms with Gasteiger partial charge in [0.2, 0.25) is 5.91 Å². The lowest BCUT2D eigenvalue weighted by Crippen LogP contribution is -2.14. The van der Waals surface area contributed by atoms with Crippen molar-refractivity contribution in [1.29, 1.82) is 0 Å². The first kappa shape index (κ1) is 17.0. The van der Waals surface area contributed by atoms with E-state index in [1.807, 2.05) is 0 Å². The highest BCUT2D eigenvalue weighted by Gasteiger charge is 2.09. The van der Waals surface area contributed by atoms with Crippen LogP contribution in [0, 0.1) is 0 Å². The summed E-state index contributed by atoms with van der Waals surface area (Å²) in [5.74, 6) is 1.13. The largest absolute Gasteiger partial charge is 0.325 e. The van der Waals surface area contributed by atoms with Gasteiger partial charge < -0.3 is 5.32 Å². The number of carbonyl (C=O) groups is 2. The van der Waals surface area contributed by atoms with Crippen molar-refractivity contribution >= 4 is 52.2 Å². The molecular weight excluding hydrogens is 338 g/mol. The maximum Gasteiger partial charge on any atom is 0.234 e. The van der Waals surface area contributed by atoms with Gasteiger partial charge in [0, 0.05) is 11.3 Å². The minimum Gasteiger partial charge on any atom is -0.325 e. The summed E-state index contributed by atoms with van der Waals surface area (Å²) < 4.78 is 1.71. The van der Waals surface area contributed by atoms with Gasteiger partial charge in [-0.2, -0.15) is 0 Å². The third-order valence-electron chi connectivity index (χ3n) is 2.56. The topological polar surface area (TPSA) is 72.0 Å². The van der Waals surface area contributed by atoms with Crippen molar-refractivity contribution in [2.75, 3.05) is 16.8 Å². The number of benzene rings is 1. The zero-order valence-electron chi connectivity index (χ0n) is 12.2.